The van der Waals surface area contributed by atoms with Crippen LogP contribution in [0.15, 0.2) is 81.4 Å². The molecule has 0 saturated carbocycles. The normalized spacial score (nSPS) is 10.8. The Morgan fingerprint density at radius 1 is 1.04 bits per heavy atom. The number of nitrogens with zero attached hydrogens (tertiary/aromatic N) is 3. The Bertz CT molecular complexity index is 1090. The van der Waals surface area contributed by atoms with Crippen LogP contribution in [0.5, 0.6) is 0 Å². The summed E-state index contributed by atoms with van der Waals surface area (Å²) in [6.07, 6.45) is 6.51. The molecule has 4 aromatic rings. The van der Waals surface area contributed by atoms with Gasteiger partial charge in [0, 0.05) is 29.9 Å². The second kappa shape index (κ2) is 6.80. The number of pyridine rings is 1. The molecule has 0 saturated heterocycles. The van der Waals surface area contributed by atoms with Gasteiger partial charge >= 0.3 is 0 Å². The number of hydrogen-bond donors (Lipinski definition) is 1. The molecule has 27 heavy (non-hydrogen) atoms. The maximum absolute atomic E-state index is 12.1. The summed E-state index contributed by atoms with van der Waals surface area (Å²) >= 11 is 0. The maximum atomic E-state index is 12.1. The Morgan fingerprint density at radius 2 is 1.67 bits per heavy atom. The minimum Gasteiger partial charge on any atom is -0.463 e. The predicted molar refractivity (Wildman–Crippen MR) is 102 cm³/mol. The van der Waals surface area contributed by atoms with E-state index in [1.165, 1.54) is 6.07 Å². The van der Waals surface area contributed by atoms with E-state index in [-0.39, 0.29) is 11.5 Å². The number of hydrogen-bond acceptors (Lipinski definition) is 6. The monoisotopic (exact) mass is 360 g/mol. The fourth-order valence-corrected chi connectivity index (χ4v) is 2.90. The quantitative estimate of drug-likeness (QED) is 0.546. The lowest BCUT2D eigenvalue weighted by atomic mass is 10.0. The Balaban J connectivity index is 2.05. The molecule has 0 radical (unpaired) electrons. The van der Waals surface area contributed by atoms with Gasteiger partial charge in [-0.1, -0.05) is 6.08 Å². The minimum atomic E-state index is -0.130. The number of allylic oxidation sites excluding steroid dienone is 1. The lowest BCUT2D eigenvalue weighted by Crippen LogP contribution is -2.17. The van der Waals surface area contributed by atoms with Gasteiger partial charge < -0.3 is 19.1 Å². The van der Waals surface area contributed by atoms with Crippen LogP contribution in [-0.2, 0) is 6.54 Å². The first-order valence-electron chi connectivity index (χ1n) is 8.24. The van der Waals surface area contributed by atoms with Crippen LogP contribution in [0, 0.1) is 0 Å². The summed E-state index contributed by atoms with van der Waals surface area (Å²) in [5.41, 5.74) is 8.24. The molecule has 0 unspecified atom stereocenters. The molecule has 0 aliphatic rings. The summed E-state index contributed by atoms with van der Waals surface area (Å²) in [6, 6.07) is 10.3. The predicted octanol–water partition coefficient (Wildman–Crippen LogP) is 3.59. The van der Waals surface area contributed by atoms with Crippen molar-refractivity contribution >= 4 is 5.95 Å². The Morgan fingerprint density at radius 3 is 2.19 bits per heavy atom. The van der Waals surface area contributed by atoms with Gasteiger partial charge in [-0.2, -0.15) is 0 Å². The second-order valence-corrected chi connectivity index (χ2v) is 5.81. The van der Waals surface area contributed by atoms with E-state index in [1.54, 1.807) is 59.7 Å². The maximum Gasteiger partial charge on any atom is 0.250 e. The molecule has 134 valence electrons. The summed E-state index contributed by atoms with van der Waals surface area (Å²) in [4.78, 5) is 20.9. The number of rotatable bonds is 5. The van der Waals surface area contributed by atoms with Crippen LogP contribution in [0.3, 0.4) is 0 Å². The van der Waals surface area contributed by atoms with Gasteiger partial charge in [-0.15, -0.1) is 6.58 Å². The van der Waals surface area contributed by atoms with Crippen LogP contribution < -0.4 is 11.3 Å². The van der Waals surface area contributed by atoms with Crippen LogP contribution in [0.1, 0.15) is 0 Å². The lowest BCUT2D eigenvalue weighted by Gasteiger charge is -2.13. The third-order valence-corrected chi connectivity index (χ3v) is 4.03. The van der Waals surface area contributed by atoms with Crippen molar-refractivity contribution in [2.75, 3.05) is 5.73 Å². The van der Waals surface area contributed by atoms with E-state index in [0.29, 0.717) is 35.0 Å². The van der Waals surface area contributed by atoms with Crippen LogP contribution in [0.25, 0.3) is 34.0 Å². The van der Waals surface area contributed by atoms with Gasteiger partial charge in [-0.05, 0) is 30.3 Å². The molecule has 0 spiro atoms. The number of nitrogens with two attached hydrogens (primary N) is 1. The van der Waals surface area contributed by atoms with Crippen molar-refractivity contribution in [3.05, 3.63) is 78.1 Å². The van der Waals surface area contributed by atoms with Gasteiger partial charge in [0.1, 0.15) is 11.4 Å². The van der Waals surface area contributed by atoms with Gasteiger partial charge in [0.2, 0.25) is 5.95 Å². The zero-order valence-corrected chi connectivity index (χ0v) is 14.3. The van der Waals surface area contributed by atoms with E-state index in [9.17, 15) is 4.79 Å². The Hall–Kier alpha value is -3.87. The smallest absolute Gasteiger partial charge is 0.250 e. The molecule has 0 bridgehead atoms. The van der Waals surface area contributed by atoms with E-state index in [1.807, 2.05) is 0 Å². The minimum absolute atomic E-state index is 0.0935. The topological polar surface area (TPSA) is 100 Å². The Kier molecular flexibility index (Phi) is 4.18. The molecule has 0 amide bonds. The average molecular weight is 360 g/mol. The molecule has 4 aromatic heterocycles. The van der Waals surface area contributed by atoms with Crippen molar-refractivity contribution in [3.63, 3.8) is 0 Å². The zero-order valence-electron chi connectivity index (χ0n) is 14.3. The van der Waals surface area contributed by atoms with Crippen LogP contribution in [0.4, 0.5) is 5.95 Å². The van der Waals surface area contributed by atoms with Crippen molar-refractivity contribution in [2.45, 2.75) is 6.54 Å². The van der Waals surface area contributed by atoms with Gasteiger partial charge in [-0.3, -0.25) is 4.79 Å². The molecule has 0 aromatic carbocycles. The van der Waals surface area contributed by atoms with Gasteiger partial charge in [0.25, 0.3) is 5.56 Å². The van der Waals surface area contributed by atoms with Crippen LogP contribution in [-0.4, -0.2) is 14.5 Å². The molecule has 0 aliphatic carbocycles. The third kappa shape index (κ3) is 3.06. The molecular formula is C20H16N4O3. The van der Waals surface area contributed by atoms with Crippen molar-refractivity contribution in [2.24, 2.45) is 0 Å². The largest absolute Gasteiger partial charge is 0.463 e. The molecule has 0 fully saturated rings. The van der Waals surface area contributed by atoms with Gasteiger partial charge in [0.15, 0.2) is 11.5 Å². The van der Waals surface area contributed by atoms with Crippen LogP contribution in [0.2, 0.25) is 0 Å². The van der Waals surface area contributed by atoms with Crippen molar-refractivity contribution < 1.29 is 8.83 Å². The summed E-state index contributed by atoms with van der Waals surface area (Å²) in [5, 5.41) is 0. The van der Waals surface area contributed by atoms with Crippen LogP contribution >= 0.6 is 0 Å². The highest BCUT2D eigenvalue weighted by molar-refractivity contribution is 5.89. The molecule has 7 heteroatoms. The first-order valence-corrected chi connectivity index (χ1v) is 8.24. The third-order valence-electron chi connectivity index (χ3n) is 4.03. The number of nitrogen functional groups attached to an aromatic ring is 1. The number of furan rings is 2. The highest BCUT2D eigenvalue weighted by Gasteiger charge is 2.22. The van der Waals surface area contributed by atoms with E-state index < -0.39 is 0 Å². The number of aromatic nitrogens is 3. The lowest BCUT2D eigenvalue weighted by molar-refractivity contribution is 0.577. The average Bonchev–Trinajstić information content (AvgIpc) is 3.37. The number of anilines is 1. The fourth-order valence-electron chi connectivity index (χ4n) is 2.90. The summed E-state index contributed by atoms with van der Waals surface area (Å²) in [7, 11) is 0. The van der Waals surface area contributed by atoms with E-state index in [2.05, 4.69) is 16.5 Å². The molecular weight excluding hydrogens is 344 g/mol. The standard InChI is InChI=1S/C20H16N4O3/c1-2-9-24-12-13(7-8-16(24)25)17-18(14-5-3-10-26-14)22-20(21)23-19(17)15-6-4-11-27-15/h2-8,10-12H,1,9H2,(H2,21,22,23). The first-order chi connectivity index (χ1) is 13.2. The SMILES string of the molecule is C=CCn1cc(-c2c(-c3ccco3)nc(N)nc2-c2ccco2)ccc1=O. The van der Waals surface area contributed by atoms with Crippen molar-refractivity contribution in [1.29, 1.82) is 0 Å². The fraction of sp³-hybridized carbons (Fsp3) is 0.0500. The zero-order chi connectivity index (χ0) is 18.8. The summed E-state index contributed by atoms with van der Waals surface area (Å²) < 4.78 is 12.7. The Labute approximate surface area is 154 Å². The van der Waals surface area contributed by atoms with Crippen molar-refractivity contribution in [3.8, 4) is 34.0 Å². The van der Waals surface area contributed by atoms with E-state index in [0.717, 1.165) is 5.56 Å². The van der Waals surface area contributed by atoms with E-state index in [4.69, 9.17) is 14.6 Å². The molecule has 4 heterocycles. The molecule has 0 aliphatic heterocycles. The highest BCUT2D eigenvalue weighted by Crippen LogP contribution is 2.38. The van der Waals surface area contributed by atoms with Gasteiger partial charge in [-0.25, -0.2) is 9.97 Å². The van der Waals surface area contributed by atoms with Crippen molar-refractivity contribution in [1.82, 2.24) is 14.5 Å². The highest BCUT2D eigenvalue weighted by atomic mass is 16.3. The molecule has 4 rings (SSSR count). The van der Waals surface area contributed by atoms with E-state index >= 15 is 0 Å². The van der Waals surface area contributed by atoms with Gasteiger partial charge in [0.05, 0.1) is 12.5 Å². The molecule has 7 nitrogen and oxygen atoms in total. The summed E-state index contributed by atoms with van der Waals surface area (Å²) in [6.45, 7) is 4.08. The second-order valence-electron chi connectivity index (χ2n) is 5.81. The molecule has 0 atom stereocenters. The first kappa shape index (κ1) is 16.6. The molecule has 2 N–H and O–H groups in total. The summed E-state index contributed by atoms with van der Waals surface area (Å²) in [5.74, 6) is 1.16.